The Balaban J connectivity index is 5.06. The average molecular weight is 460 g/mol. The second kappa shape index (κ2) is 14.6. The van der Waals surface area contributed by atoms with Gasteiger partial charge in [-0.25, -0.2) is 4.79 Å². The van der Waals surface area contributed by atoms with Crippen LogP contribution in [0, 0.1) is 5.92 Å². The molecule has 0 spiro atoms. The zero-order valence-electron chi connectivity index (χ0n) is 18.2. The summed E-state index contributed by atoms with van der Waals surface area (Å²) in [5.41, 5.74) is 15.9. The number of rotatable bonds is 15. The summed E-state index contributed by atoms with van der Waals surface area (Å²) >= 11 is 0. The molecule has 14 heteroatoms. The maximum Gasteiger partial charge on any atom is 0.326 e. The number of nitrogens with two attached hydrogens (primary N) is 3. The summed E-state index contributed by atoms with van der Waals surface area (Å²) in [6.07, 6.45) is -0.0359. The van der Waals surface area contributed by atoms with Gasteiger partial charge in [-0.1, -0.05) is 13.8 Å². The molecule has 0 bridgehead atoms. The summed E-state index contributed by atoms with van der Waals surface area (Å²) in [6.45, 7) is 3.22. The van der Waals surface area contributed by atoms with Gasteiger partial charge in [0.1, 0.15) is 12.1 Å². The topological polar surface area (TPSA) is 252 Å². The van der Waals surface area contributed by atoms with E-state index in [1.807, 2.05) is 0 Å². The fraction of sp³-hybridized carbons (Fsp3) is 0.667. The predicted octanol–water partition coefficient (Wildman–Crippen LogP) is -2.94. The number of carboxylic acids is 2. The monoisotopic (exact) mass is 459 g/mol. The lowest BCUT2D eigenvalue weighted by Crippen LogP contribution is -2.54. The van der Waals surface area contributed by atoms with E-state index in [2.05, 4.69) is 20.9 Å². The Kier molecular flexibility index (Phi) is 13.0. The Bertz CT molecular complexity index is 708. The molecule has 0 saturated heterocycles. The van der Waals surface area contributed by atoms with Gasteiger partial charge < -0.3 is 43.4 Å². The first-order valence-corrected chi connectivity index (χ1v) is 9.96. The van der Waals surface area contributed by atoms with Crippen LogP contribution in [-0.4, -0.2) is 77.0 Å². The number of carbonyl (C=O) groups is 5. The van der Waals surface area contributed by atoms with Crippen LogP contribution < -0.4 is 33.2 Å². The number of amides is 3. The Morgan fingerprint density at radius 2 is 1.59 bits per heavy atom. The molecule has 0 fully saturated rings. The van der Waals surface area contributed by atoms with Crippen molar-refractivity contribution < 1.29 is 34.2 Å². The van der Waals surface area contributed by atoms with Crippen molar-refractivity contribution >= 4 is 35.6 Å². The van der Waals surface area contributed by atoms with Crippen LogP contribution >= 0.6 is 0 Å². The van der Waals surface area contributed by atoms with Gasteiger partial charge >= 0.3 is 11.9 Å². The van der Waals surface area contributed by atoms with Gasteiger partial charge in [0.2, 0.25) is 17.7 Å². The van der Waals surface area contributed by atoms with Gasteiger partial charge in [0.15, 0.2) is 5.96 Å². The largest absolute Gasteiger partial charge is 0.481 e. The van der Waals surface area contributed by atoms with Crippen molar-refractivity contribution in [2.24, 2.45) is 28.1 Å². The SMILES string of the molecule is CC(C)CC(NC(=O)C(CCCN=C(N)N)NC(=O)CNC(=O)C(N)CC(=O)O)C(=O)O. The van der Waals surface area contributed by atoms with Gasteiger partial charge in [0.05, 0.1) is 19.0 Å². The van der Waals surface area contributed by atoms with Crippen LogP contribution in [0.4, 0.5) is 0 Å². The van der Waals surface area contributed by atoms with E-state index in [9.17, 15) is 29.1 Å². The van der Waals surface area contributed by atoms with Crippen molar-refractivity contribution in [3.63, 3.8) is 0 Å². The smallest absolute Gasteiger partial charge is 0.326 e. The fourth-order valence-corrected chi connectivity index (χ4v) is 2.56. The van der Waals surface area contributed by atoms with Crippen molar-refractivity contribution in [2.45, 2.75) is 57.7 Å². The van der Waals surface area contributed by atoms with Crippen LogP contribution in [0.25, 0.3) is 0 Å². The number of nitrogens with one attached hydrogen (secondary N) is 3. The standard InChI is InChI=1S/C18H33N7O7/c1-9(2)6-12(17(31)32)25-16(30)11(4-3-5-22-18(20)21)24-13(26)8-23-15(29)10(19)7-14(27)28/h9-12H,3-8,19H2,1-2H3,(H,23,29)(H,24,26)(H,25,30)(H,27,28)(H,31,32)(H4,20,21,22). The summed E-state index contributed by atoms with van der Waals surface area (Å²) in [7, 11) is 0. The minimum atomic E-state index is -1.34. The first-order valence-electron chi connectivity index (χ1n) is 9.96. The van der Waals surface area contributed by atoms with Crippen molar-refractivity contribution in [3.8, 4) is 0 Å². The maximum atomic E-state index is 12.6. The molecule has 0 radical (unpaired) electrons. The average Bonchev–Trinajstić information content (AvgIpc) is 2.66. The third-order valence-corrected chi connectivity index (χ3v) is 4.07. The van der Waals surface area contributed by atoms with E-state index in [0.717, 1.165) is 0 Å². The number of hydrogen-bond donors (Lipinski definition) is 8. The van der Waals surface area contributed by atoms with Gasteiger partial charge in [-0.3, -0.25) is 24.2 Å². The first kappa shape index (κ1) is 28.6. The molecule has 0 aromatic heterocycles. The quantitative estimate of drug-likeness (QED) is 0.0702. The lowest BCUT2D eigenvalue weighted by atomic mass is 10.0. The van der Waals surface area contributed by atoms with E-state index in [1.54, 1.807) is 13.8 Å². The molecule has 0 saturated carbocycles. The van der Waals surface area contributed by atoms with E-state index >= 15 is 0 Å². The molecule has 11 N–H and O–H groups in total. The molecule has 182 valence electrons. The lowest BCUT2D eigenvalue weighted by Gasteiger charge is -2.22. The maximum absolute atomic E-state index is 12.6. The first-order chi connectivity index (χ1) is 14.8. The zero-order chi connectivity index (χ0) is 24.8. The summed E-state index contributed by atoms with van der Waals surface area (Å²) in [6, 6.07) is -3.60. The molecule has 3 atom stereocenters. The normalized spacial score (nSPS) is 13.4. The molecule has 14 nitrogen and oxygen atoms in total. The molecule has 0 rings (SSSR count). The van der Waals surface area contributed by atoms with Crippen LogP contribution in [0.5, 0.6) is 0 Å². The van der Waals surface area contributed by atoms with Gasteiger partial charge in [-0.15, -0.1) is 0 Å². The summed E-state index contributed by atoms with van der Waals surface area (Å²) in [4.78, 5) is 62.4. The van der Waals surface area contributed by atoms with E-state index < -0.39 is 60.8 Å². The molecular formula is C18H33N7O7. The van der Waals surface area contributed by atoms with Gasteiger partial charge in [0, 0.05) is 6.54 Å². The molecule has 0 aromatic rings. The molecular weight excluding hydrogens is 426 g/mol. The highest BCUT2D eigenvalue weighted by Gasteiger charge is 2.27. The van der Waals surface area contributed by atoms with Crippen LogP contribution in [-0.2, 0) is 24.0 Å². The third kappa shape index (κ3) is 13.0. The summed E-state index contributed by atoms with van der Waals surface area (Å²) in [5.74, 6) is -4.95. The van der Waals surface area contributed by atoms with E-state index in [4.69, 9.17) is 22.3 Å². The number of carboxylic acid groups (broad SMARTS) is 2. The van der Waals surface area contributed by atoms with Crippen molar-refractivity contribution in [3.05, 3.63) is 0 Å². The molecule has 0 aliphatic heterocycles. The second-order valence-electron chi connectivity index (χ2n) is 7.52. The van der Waals surface area contributed by atoms with E-state index in [1.165, 1.54) is 0 Å². The minimum absolute atomic E-state index is 0.00321. The number of aliphatic carboxylic acids is 2. The van der Waals surface area contributed by atoms with Crippen LogP contribution in [0.3, 0.4) is 0 Å². The number of nitrogens with zero attached hydrogens (tertiary/aromatic N) is 1. The molecule has 3 amide bonds. The van der Waals surface area contributed by atoms with E-state index in [0.29, 0.717) is 6.42 Å². The highest BCUT2D eigenvalue weighted by Crippen LogP contribution is 2.07. The molecule has 0 aromatic carbocycles. The zero-order valence-corrected chi connectivity index (χ0v) is 18.2. The van der Waals surface area contributed by atoms with Crippen LogP contribution in [0.1, 0.15) is 39.5 Å². The molecule has 3 unspecified atom stereocenters. The van der Waals surface area contributed by atoms with Crippen LogP contribution in [0.2, 0.25) is 0 Å². The van der Waals surface area contributed by atoms with Crippen molar-refractivity contribution in [1.82, 2.24) is 16.0 Å². The Hall–Kier alpha value is -3.42. The number of guanidine groups is 1. The van der Waals surface area contributed by atoms with Crippen molar-refractivity contribution in [2.75, 3.05) is 13.1 Å². The van der Waals surface area contributed by atoms with Gasteiger partial charge in [0.25, 0.3) is 0 Å². The number of hydrogen-bond acceptors (Lipinski definition) is 7. The summed E-state index contributed by atoms with van der Waals surface area (Å²) in [5, 5.41) is 24.9. The Labute approximate surface area is 185 Å². The highest BCUT2D eigenvalue weighted by molar-refractivity contribution is 5.93. The van der Waals surface area contributed by atoms with Crippen LogP contribution in [0.15, 0.2) is 4.99 Å². The number of carbonyl (C=O) groups excluding carboxylic acids is 3. The Morgan fingerprint density at radius 3 is 2.09 bits per heavy atom. The molecule has 0 aliphatic rings. The molecule has 0 heterocycles. The predicted molar refractivity (Wildman–Crippen MR) is 114 cm³/mol. The molecule has 0 aliphatic carbocycles. The molecule has 32 heavy (non-hydrogen) atoms. The second-order valence-corrected chi connectivity index (χ2v) is 7.52. The lowest BCUT2D eigenvalue weighted by molar-refractivity contribution is -0.142. The highest BCUT2D eigenvalue weighted by atomic mass is 16.4. The van der Waals surface area contributed by atoms with Crippen molar-refractivity contribution in [1.29, 1.82) is 0 Å². The fourth-order valence-electron chi connectivity index (χ4n) is 2.56. The number of aliphatic imine (C=N–C) groups is 1. The van der Waals surface area contributed by atoms with Gasteiger partial charge in [-0.2, -0.15) is 0 Å². The third-order valence-electron chi connectivity index (χ3n) is 4.07. The van der Waals surface area contributed by atoms with Gasteiger partial charge in [-0.05, 0) is 25.2 Å². The van der Waals surface area contributed by atoms with E-state index in [-0.39, 0.29) is 31.3 Å². The Morgan fingerprint density at radius 1 is 0.969 bits per heavy atom. The summed E-state index contributed by atoms with van der Waals surface area (Å²) < 4.78 is 0. The minimum Gasteiger partial charge on any atom is -0.481 e.